The SMILES string of the molecule is Cc1ccc(COc2c(Cl)cc(C(=O)O)cc2Br)cc1. The summed E-state index contributed by atoms with van der Waals surface area (Å²) in [5.74, 6) is -0.588. The van der Waals surface area contributed by atoms with Crippen molar-refractivity contribution in [1.82, 2.24) is 0 Å². The highest BCUT2D eigenvalue weighted by Crippen LogP contribution is 2.35. The van der Waals surface area contributed by atoms with Gasteiger partial charge in [-0.2, -0.15) is 0 Å². The van der Waals surface area contributed by atoms with Crippen molar-refractivity contribution >= 4 is 33.5 Å². The Labute approximate surface area is 130 Å². The number of aromatic carboxylic acids is 1. The van der Waals surface area contributed by atoms with Gasteiger partial charge in [-0.1, -0.05) is 41.4 Å². The minimum Gasteiger partial charge on any atom is -0.486 e. The van der Waals surface area contributed by atoms with E-state index in [-0.39, 0.29) is 10.6 Å². The molecular weight excluding hydrogens is 344 g/mol. The molecule has 20 heavy (non-hydrogen) atoms. The van der Waals surface area contributed by atoms with Gasteiger partial charge in [0.1, 0.15) is 6.61 Å². The molecule has 5 heteroatoms. The van der Waals surface area contributed by atoms with E-state index in [4.69, 9.17) is 21.4 Å². The molecular formula is C15H12BrClO3. The number of ether oxygens (including phenoxy) is 1. The first-order chi connectivity index (χ1) is 9.47. The quantitative estimate of drug-likeness (QED) is 0.865. The lowest BCUT2D eigenvalue weighted by molar-refractivity contribution is 0.0696. The van der Waals surface area contributed by atoms with E-state index in [0.29, 0.717) is 16.8 Å². The maximum atomic E-state index is 10.9. The zero-order valence-corrected chi connectivity index (χ0v) is 13.0. The third-order valence-corrected chi connectivity index (χ3v) is 3.62. The Morgan fingerprint density at radius 2 is 1.95 bits per heavy atom. The number of benzene rings is 2. The molecule has 0 radical (unpaired) electrons. The maximum Gasteiger partial charge on any atom is 0.335 e. The highest BCUT2D eigenvalue weighted by Gasteiger charge is 2.13. The normalized spacial score (nSPS) is 10.3. The van der Waals surface area contributed by atoms with Gasteiger partial charge >= 0.3 is 5.97 Å². The molecule has 0 aromatic heterocycles. The largest absolute Gasteiger partial charge is 0.486 e. The number of rotatable bonds is 4. The van der Waals surface area contributed by atoms with Crippen molar-refractivity contribution in [2.75, 3.05) is 0 Å². The van der Waals surface area contributed by atoms with Crippen LogP contribution in [-0.4, -0.2) is 11.1 Å². The number of halogens is 2. The Balaban J connectivity index is 2.17. The van der Waals surface area contributed by atoms with Gasteiger partial charge in [-0.15, -0.1) is 0 Å². The average Bonchev–Trinajstić information content (AvgIpc) is 2.39. The molecule has 0 atom stereocenters. The van der Waals surface area contributed by atoms with Gasteiger partial charge in [-0.05, 0) is 40.5 Å². The summed E-state index contributed by atoms with van der Waals surface area (Å²) in [6.45, 7) is 2.38. The fraction of sp³-hybridized carbons (Fsp3) is 0.133. The molecule has 104 valence electrons. The van der Waals surface area contributed by atoms with E-state index in [0.717, 1.165) is 5.56 Å². The molecule has 0 aliphatic heterocycles. The predicted molar refractivity (Wildman–Crippen MR) is 81.6 cm³/mol. The summed E-state index contributed by atoms with van der Waals surface area (Å²) >= 11 is 9.33. The van der Waals surface area contributed by atoms with Crippen LogP contribution in [0.25, 0.3) is 0 Å². The summed E-state index contributed by atoms with van der Waals surface area (Å²) < 4.78 is 6.18. The molecule has 2 aromatic rings. The lowest BCUT2D eigenvalue weighted by Crippen LogP contribution is -2.00. The monoisotopic (exact) mass is 354 g/mol. The Bertz CT molecular complexity index is 615. The van der Waals surface area contributed by atoms with Gasteiger partial charge in [-0.3, -0.25) is 0 Å². The molecule has 0 unspecified atom stereocenters. The Hall–Kier alpha value is -1.52. The Morgan fingerprint density at radius 3 is 2.50 bits per heavy atom. The van der Waals surface area contributed by atoms with Gasteiger partial charge in [0.25, 0.3) is 0 Å². The first kappa shape index (κ1) is 14.9. The van der Waals surface area contributed by atoms with Crippen molar-refractivity contribution in [2.45, 2.75) is 13.5 Å². The first-order valence-corrected chi connectivity index (χ1v) is 7.05. The molecule has 0 bridgehead atoms. The molecule has 1 N–H and O–H groups in total. The zero-order valence-electron chi connectivity index (χ0n) is 10.7. The highest BCUT2D eigenvalue weighted by atomic mass is 79.9. The number of carboxylic acids is 1. The van der Waals surface area contributed by atoms with Gasteiger partial charge in [0, 0.05) is 0 Å². The molecule has 0 fully saturated rings. The second-order valence-corrected chi connectivity index (χ2v) is 5.61. The van der Waals surface area contributed by atoms with E-state index < -0.39 is 5.97 Å². The topological polar surface area (TPSA) is 46.5 Å². The van der Waals surface area contributed by atoms with E-state index in [2.05, 4.69) is 15.9 Å². The van der Waals surface area contributed by atoms with Crippen LogP contribution >= 0.6 is 27.5 Å². The molecule has 0 heterocycles. The number of hydrogen-bond donors (Lipinski definition) is 1. The summed E-state index contributed by atoms with van der Waals surface area (Å²) in [7, 11) is 0. The molecule has 2 aromatic carbocycles. The van der Waals surface area contributed by atoms with Crippen LogP contribution in [0.1, 0.15) is 21.5 Å². The zero-order chi connectivity index (χ0) is 14.7. The molecule has 0 saturated heterocycles. The van der Waals surface area contributed by atoms with Gasteiger partial charge < -0.3 is 9.84 Å². The predicted octanol–water partition coefficient (Wildman–Crippen LogP) is 4.69. The number of hydrogen-bond acceptors (Lipinski definition) is 2. The average molecular weight is 356 g/mol. The minimum absolute atomic E-state index is 0.115. The van der Waals surface area contributed by atoms with Crippen LogP contribution in [0.3, 0.4) is 0 Å². The fourth-order valence-electron chi connectivity index (χ4n) is 1.66. The van der Waals surface area contributed by atoms with Gasteiger partial charge in [0.05, 0.1) is 15.1 Å². The van der Waals surface area contributed by atoms with Crippen LogP contribution in [0.2, 0.25) is 5.02 Å². The molecule has 2 rings (SSSR count). The third kappa shape index (κ3) is 3.52. The molecule has 0 aliphatic carbocycles. The van der Waals surface area contributed by atoms with Crippen LogP contribution in [0.4, 0.5) is 0 Å². The van der Waals surface area contributed by atoms with E-state index in [9.17, 15) is 4.79 Å². The van der Waals surface area contributed by atoms with Crippen molar-refractivity contribution in [2.24, 2.45) is 0 Å². The number of aryl methyl sites for hydroxylation is 1. The maximum absolute atomic E-state index is 10.9. The molecule has 0 aliphatic rings. The Kier molecular flexibility index (Phi) is 4.68. The van der Waals surface area contributed by atoms with Gasteiger partial charge in [-0.25, -0.2) is 4.79 Å². The summed E-state index contributed by atoms with van der Waals surface area (Å²) in [5, 5.41) is 9.21. The van der Waals surface area contributed by atoms with E-state index in [1.165, 1.54) is 17.7 Å². The van der Waals surface area contributed by atoms with Crippen molar-refractivity contribution in [1.29, 1.82) is 0 Å². The van der Waals surface area contributed by atoms with E-state index >= 15 is 0 Å². The summed E-state index contributed by atoms with van der Waals surface area (Å²) in [6, 6.07) is 10.8. The third-order valence-electron chi connectivity index (χ3n) is 2.75. The molecule has 0 amide bonds. The lowest BCUT2D eigenvalue weighted by atomic mass is 10.2. The number of carbonyl (C=O) groups is 1. The van der Waals surface area contributed by atoms with E-state index in [1.807, 2.05) is 31.2 Å². The Morgan fingerprint density at radius 1 is 1.30 bits per heavy atom. The summed E-state index contributed by atoms with van der Waals surface area (Å²) in [4.78, 5) is 10.9. The highest BCUT2D eigenvalue weighted by molar-refractivity contribution is 9.10. The van der Waals surface area contributed by atoms with E-state index in [1.54, 1.807) is 0 Å². The van der Waals surface area contributed by atoms with Crippen molar-refractivity contribution in [3.8, 4) is 5.75 Å². The summed E-state index contributed by atoms with van der Waals surface area (Å²) in [5.41, 5.74) is 2.31. The molecule has 3 nitrogen and oxygen atoms in total. The molecule has 0 saturated carbocycles. The summed E-state index contributed by atoms with van der Waals surface area (Å²) in [6.07, 6.45) is 0. The fourth-order valence-corrected chi connectivity index (χ4v) is 2.62. The van der Waals surface area contributed by atoms with Crippen LogP contribution in [-0.2, 0) is 6.61 Å². The van der Waals surface area contributed by atoms with Crippen molar-refractivity contribution in [3.63, 3.8) is 0 Å². The molecule has 0 spiro atoms. The second kappa shape index (κ2) is 6.29. The van der Waals surface area contributed by atoms with Crippen LogP contribution in [0.15, 0.2) is 40.9 Å². The second-order valence-electron chi connectivity index (χ2n) is 4.35. The minimum atomic E-state index is -1.03. The smallest absolute Gasteiger partial charge is 0.335 e. The first-order valence-electron chi connectivity index (χ1n) is 5.88. The van der Waals surface area contributed by atoms with Gasteiger partial charge in [0.2, 0.25) is 0 Å². The van der Waals surface area contributed by atoms with Crippen LogP contribution < -0.4 is 4.74 Å². The van der Waals surface area contributed by atoms with Crippen molar-refractivity contribution < 1.29 is 14.6 Å². The lowest BCUT2D eigenvalue weighted by Gasteiger charge is -2.11. The van der Waals surface area contributed by atoms with Crippen molar-refractivity contribution in [3.05, 3.63) is 62.6 Å². The van der Waals surface area contributed by atoms with Crippen LogP contribution in [0.5, 0.6) is 5.75 Å². The number of carboxylic acid groups (broad SMARTS) is 1. The van der Waals surface area contributed by atoms with Gasteiger partial charge in [0.15, 0.2) is 5.75 Å². The standard InChI is InChI=1S/C15H12BrClO3/c1-9-2-4-10(5-3-9)8-20-14-12(16)6-11(15(18)19)7-13(14)17/h2-7H,8H2,1H3,(H,18,19). The van der Waals surface area contributed by atoms with Crippen LogP contribution in [0, 0.1) is 6.92 Å².